The fourth-order valence-electron chi connectivity index (χ4n) is 4.14. The quantitative estimate of drug-likeness (QED) is 0.611. The van der Waals surface area contributed by atoms with E-state index in [-0.39, 0.29) is 12.0 Å². The Morgan fingerprint density at radius 2 is 1.93 bits per heavy atom. The molecule has 1 aliphatic heterocycles. The van der Waals surface area contributed by atoms with Gasteiger partial charge in [0.05, 0.1) is 22.9 Å². The van der Waals surface area contributed by atoms with Crippen molar-refractivity contribution in [3.05, 3.63) is 48.0 Å². The molecule has 0 unspecified atom stereocenters. The van der Waals surface area contributed by atoms with Gasteiger partial charge in [0, 0.05) is 36.7 Å². The molecule has 0 N–H and O–H groups in total. The van der Waals surface area contributed by atoms with Gasteiger partial charge >= 0.3 is 0 Å². The summed E-state index contributed by atoms with van der Waals surface area (Å²) in [7, 11) is 0. The number of rotatable bonds is 5. The lowest BCUT2D eigenvalue weighted by Gasteiger charge is -2.16. The third-order valence-corrected chi connectivity index (χ3v) is 5.36. The number of benzene rings is 2. The van der Waals surface area contributed by atoms with Gasteiger partial charge in [-0.3, -0.25) is 4.79 Å². The second kappa shape index (κ2) is 7.63. The molecule has 1 amide bonds. The second-order valence-corrected chi connectivity index (χ2v) is 7.62. The van der Waals surface area contributed by atoms with Gasteiger partial charge in [0.1, 0.15) is 11.8 Å². The van der Waals surface area contributed by atoms with Crippen LogP contribution in [0.5, 0.6) is 5.75 Å². The fourth-order valence-corrected chi connectivity index (χ4v) is 4.14. The standard InChI is InChI=1S/C24H25N3O2/c1-4-26-22-14-19(29-16(2)3)11-12-20(22)21(15-25)24(26)17-7-9-18(10-8-17)27-13-5-6-23(27)28/h7-12,14,16H,4-6,13H2,1-3H3. The normalized spacial score (nSPS) is 14.0. The van der Waals surface area contributed by atoms with E-state index in [0.29, 0.717) is 12.0 Å². The molecule has 1 fully saturated rings. The van der Waals surface area contributed by atoms with Crippen molar-refractivity contribution >= 4 is 22.5 Å². The molecule has 3 aromatic rings. The Kier molecular flexibility index (Phi) is 5.02. The summed E-state index contributed by atoms with van der Waals surface area (Å²) < 4.78 is 8.02. The number of carbonyl (C=O) groups excluding carboxylic acids is 1. The zero-order valence-electron chi connectivity index (χ0n) is 17.1. The molecule has 5 nitrogen and oxygen atoms in total. The second-order valence-electron chi connectivity index (χ2n) is 7.62. The Hall–Kier alpha value is -3.26. The summed E-state index contributed by atoms with van der Waals surface area (Å²) in [6.07, 6.45) is 1.61. The maximum absolute atomic E-state index is 12.0. The van der Waals surface area contributed by atoms with Crippen LogP contribution < -0.4 is 9.64 Å². The minimum absolute atomic E-state index is 0.0910. The van der Waals surface area contributed by atoms with Gasteiger partial charge in [0.15, 0.2) is 0 Å². The number of fused-ring (bicyclic) bond motifs is 1. The zero-order valence-corrected chi connectivity index (χ0v) is 17.1. The van der Waals surface area contributed by atoms with E-state index in [2.05, 4.69) is 17.6 Å². The Morgan fingerprint density at radius 1 is 1.17 bits per heavy atom. The van der Waals surface area contributed by atoms with Crippen LogP contribution in [0.1, 0.15) is 39.2 Å². The first-order chi connectivity index (χ1) is 14.0. The summed E-state index contributed by atoms with van der Waals surface area (Å²) in [6, 6.07) is 16.3. The molecule has 0 atom stereocenters. The van der Waals surface area contributed by atoms with Crippen LogP contribution >= 0.6 is 0 Å². The van der Waals surface area contributed by atoms with Crippen molar-refractivity contribution in [3.8, 4) is 23.1 Å². The number of hydrogen-bond donors (Lipinski definition) is 0. The van der Waals surface area contributed by atoms with Crippen LogP contribution in [0.4, 0.5) is 5.69 Å². The van der Waals surface area contributed by atoms with Crippen molar-refractivity contribution in [2.45, 2.75) is 46.3 Å². The van der Waals surface area contributed by atoms with Crippen LogP contribution in [0.15, 0.2) is 42.5 Å². The smallest absolute Gasteiger partial charge is 0.227 e. The van der Waals surface area contributed by atoms with Crippen LogP contribution in [0.3, 0.4) is 0 Å². The predicted molar refractivity (Wildman–Crippen MR) is 115 cm³/mol. The van der Waals surface area contributed by atoms with Crippen molar-refractivity contribution in [1.29, 1.82) is 5.26 Å². The minimum atomic E-state index is 0.0910. The van der Waals surface area contributed by atoms with Crippen molar-refractivity contribution in [1.82, 2.24) is 4.57 Å². The summed E-state index contributed by atoms with van der Waals surface area (Å²) in [6.45, 7) is 7.60. The third kappa shape index (κ3) is 3.36. The van der Waals surface area contributed by atoms with E-state index in [1.807, 2.05) is 61.2 Å². The largest absolute Gasteiger partial charge is 0.491 e. The van der Waals surface area contributed by atoms with Gasteiger partial charge in [-0.15, -0.1) is 0 Å². The lowest BCUT2D eigenvalue weighted by atomic mass is 10.1. The lowest BCUT2D eigenvalue weighted by molar-refractivity contribution is -0.117. The number of amides is 1. The summed E-state index contributed by atoms with van der Waals surface area (Å²) in [4.78, 5) is 13.9. The van der Waals surface area contributed by atoms with Crippen molar-refractivity contribution in [3.63, 3.8) is 0 Å². The first-order valence-corrected chi connectivity index (χ1v) is 10.2. The monoisotopic (exact) mass is 387 g/mol. The topological polar surface area (TPSA) is 58.3 Å². The number of carbonyl (C=O) groups is 1. The van der Waals surface area contributed by atoms with Crippen LogP contribution in [0.25, 0.3) is 22.2 Å². The van der Waals surface area contributed by atoms with E-state index in [9.17, 15) is 10.1 Å². The number of anilines is 1. The minimum Gasteiger partial charge on any atom is -0.491 e. The molecule has 5 heteroatoms. The molecule has 0 aliphatic carbocycles. The zero-order chi connectivity index (χ0) is 20.5. The first kappa shape index (κ1) is 19.1. The summed E-state index contributed by atoms with van der Waals surface area (Å²) in [5.74, 6) is 0.981. The molecule has 0 saturated carbocycles. The SMILES string of the molecule is CCn1c(-c2ccc(N3CCCC3=O)cc2)c(C#N)c2ccc(OC(C)C)cc21. The van der Waals surface area contributed by atoms with Gasteiger partial charge in [-0.1, -0.05) is 12.1 Å². The Morgan fingerprint density at radius 3 is 2.52 bits per heavy atom. The fraction of sp³-hybridized carbons (Fsp3) is 0.333. The Bertz CT molecular complexity index is 1100. The van der Waals surface area contributed by atoms with Gasteiger partial charge < -0.3 is 14.2 Å². The van der Waals surface area contributed by atoms with Crippen LogP contribution in [0, 0.1) is 11.3 Å². The molecule has 148 valence electrons. The highest BCUT2D eigenvalue weighted by molar-refractivity contribution is 5.97. The van der Waals surface area contributed by atoms with E-state index < -0.39 is 0 Å². The molecular formula is C24H25N3O2. The van der Waals surface area contributed by atoms with Crippen molar-refractivity contribution < 1.29 is 9.53 Å². The third-order valence-electron chi connectivity index (χ3n) is 5.36. The van der Waals surface area contributed by atoms with Crippen LogP contribution in [0.2, 0.25) is 0 Å². The van der Waals surface area contributed by atoms with E-state index in [1.54, 1.807) is 0 Å². The van der Waals surface area contributed by atoms with Crippen LogP contribution in [-0.2, 0) is 11.3 Å². The molecule has 0 radical (unpaired) electrons. The molecule has 2 heterocycles. The van der Waals surface area contributed by atoms with E-state index in [0.717, 1.165) is 53.1 Å². The molecule has 0 spiro atoms. The molecule has 0 bridgehead atoms. The molecule has 4 rings (SSSR count). The van der Waals surface area contributed by atoms with Crippen molar-refractivity contribution in [2.24, 2.45) is 0 Å². The molecule has 29 heavy (non-hydrogen) atoms. The highest BCUT2D eigenvalue weighted by atomic mass is 16.5. The predicted octanol–water partition coefficient (Wildman–Crippen LogP) is 5.11. The van der Waals surface area contributed by atoms with E-state index >= 15 is 0 Å². The number of nitriles is 1. The van der Waals surface area contributed by atoms with Gasteiger partial charge in [0.2, 0.25) is 5.91 Å². The Balaban J connectivity index is 1.82. The maximum Gasteiger partial charge on any atom is 0.227 e. The number of nitrogens with zero attached hydrogens (tertiary/aromatic N) is 3. The molecule has 1 aromatic heterocycles. The van der Waals surface area contributed by atoms with Gasteiger partial charge in [0.25, 0.3) is 0 Å². The maximum atomic E-state index is 12.0. The summed E-state index contributed by atoms with van der Waals surface area (Å²) in [5, 5.41) is 10.8. The summed E-state index contributed by atoms with van der Waals surface area (Å²) >= 11 is 0. The van der Waals surface area contributed by atoms with E-state index in [4.69, 9.17) is 4.74 Å². The number of aromatic nitrogens is 1. The molecule has 1 saturated heterocycles. The average molecular weight is 387 g/mol. The van der Waals surface area contributed by atoms with E-state index in [1.165, 1.54) is 0 Å². The number of aryl methyl sites for hydroxylation is 1. The first-order valence-electron chi connectivity index (χ1n) is 10.2. The molecule has 2 aromatic carbocycles. The number of hydrogen-bond acceptors (Lipinski definition) is 3. The summed E-state index contributed by atoms with van der Waals surface area (Å²) in [5.41, 5.74) is 4.47. The lowest BCUT2D eigenvalue weighted by Crippen LogP contribution is -2.23. The van der Waals surface area contributed by atoms with Gasteiger partial charge in [-0.25, -0.2) is 0 Å². The highest BCUT2D eigenvalue weighted by Crippen LogP contribution is 2.36. The Labute approximate surface area is 171 Å². The van der Waals surface area contributed by atoms with Crippen molar-refractivity contribution in [2.75, 3.05) is 11.4 Å². The van der Waals surface area contributed by atoms with Crippen LogP contribution in [-0.4, -0.2) is 23.1 Å². The van der Waals surface area contributed by atoms with Gasteiger partial charge in [-0.05, 0) is 57.0 Å². The molecular weight excluding hydrogens is 362 g/mol. The highest BCUT2D eigenvalue weighted by Gasteiger charge is 2.23. The average Bonchev–Trinajstić information content (AvgIpc) is 3.27. The van der Waals surface area contributed by atoms with Gasteiger partial charge in [-0.2, -0.15) is 5.26 Å². The number of ether oxygens (including phenoxy) is 1. The molecule has 1 aliphatic rings.